The van der Waals surface area contributed by atoms with Gasteiger partial charge in [0.05, 0.1) is 11.4 Å². The SMILES string of the molecule is CCC1C(=O)Nc2ccccc2NC1=O. The van der Waals surface area contributed by atoms with Gasteiger partial charge in [0.25, 0.3) is 0 Å². The van der Waals surface area contributed by atoms with Gasteiger partial charge in [-0.2, -0.15) is 0 Å². The van der Waals surface area contributed by atoms with E-state index < -0.39 is 5.92 Å². The van der Waals surface area contributed by atoms with Crippen molar-refractivity contribution in [3.05, 3.63) is 24.3 Å². The average molecular weight is 204 g/mol. The summed E-state index contributed by atoms with van der Waals surface area (Å²) >= 11 is 0. The first-order chi connectivity index (χ1) is 7.22. The summed E-state index contributed by atoms with van der Waals surface area (Å²) in [6, 6.07) is 7.17. The highest BCUT2D eigenvalue weighted by Crippen LogP contribution is 2.25. The van der Waals surface area contributed by atoms with Crippen LogP contribution in [-0.4, -0.2) is 11.8 Å². The molecule has 0 saturated carbocycles. The average Bonchev–Trinajstić information content (AvgIpc) is 2.33. The highest BCUT2D eigenvalue weighted by molar-refractivity contribution is 6.15. The van der Waals surface area contributed by atoms with Gasteiger partial charge in [0.2, 0.25) is 11.8 Å². The van der Waals surface area contributed by atoms with Crippen LogP contribution in [-0.2, 0) is 9.59 Å². The zero-order valence-corrected chi connectivity index (χ0v) is 8.41. The van der Waals surface area contributed by atoms with Crippen molar-refractivity contribution in [1.29, 1.82) is 0 Å². The second kappa shape index (κ2) is 3.73. The van der Waals surface area contributed by atoms with Crippen molar-refractivity contribution in [2.24, 2.45) is 5.92 Å². The Balaban J connectivity index is 2.39. The highest BCUT2D eigenvalue weighted by atomic mass is 16.2. The van der Waals surface area contributed by atoms with Gasteiger partial charge in [-0.1, -0.05) is 19.1 Å². The molecule has 0 fully saturated rings. The van der Waals surface area contributed by atoms with Crippen molar-refractivity contribution in [3.63, 3.8) is 0 Å². The van der Waals surface area contributed by atoms with Crippen LogP contribution in [0.1, 0.15) is 13.3 Å². The van der Waals surface area contributed by atoms with Crippen LogP contribution in [0.15, 0.2) is 24.3 Å². The lowest BCUT2D eigenvalue weighted by atomic mass is 10.1. The zero-order chi connectivity index (χ0) is 10.8. The van der Waals surface area contributed by atoms with Crippen LogP contribution in [0.5, 0.6) is 0 Å². The van der Waals surface area contributed by atoms with Gasteiger partial charge in [-0.3, -0.25) is 9.59 Å². The van der Waals surface area contributed by atoms with Gasteiger partial charge in [0.15, 0.2) is 0 Å². The quantitative estimate of drug-likeness (QED) is 0.683. The number of rotatable bonds is 1. The number of amides is 2. The first-order valence-electron chi connectivity index (χ1n) is 4.93. The molecule has 1 aromatic carbocycles. The molecule has 1 heterocycles. The van der Waals surface area contributed by atoms with Crippen molar-refractivity contribution < 1.29 is 9.59 Å². The fourth-order valence-electron chi connectivity index (χ4n) is 1.63. The van der Waals surface area contributed by atoms with Crippen molar-refractivity contribution >= 4 is 23.2 Å². The summed E-state index contributed by atoms with van der Waals surface area (Å²) in [7, 11) is 0. The molecular formula is C11H12N2O2. The van der Waals surface area contributed by atoms with Crippen molar-refractivity contribution in [1.82, 2.24) is 0 Å². The van der Waals surface area contributed by atoms with Gasteiger partial charge in [-0.25, -0.2) is 0 Å². The Labute approximate surface area is 87.7 Å². The van der Waals surface area contributed by atoms with Gasteiger partial charge in [0.1, 0.15) is 5.92 Å². The summed E-state index contributed by atoms with van der Waals surface area (Å²) in [4.78, 5) is 23.3. The lowest BCUT2D eigenvalue weighted by Gasteiger charge is -2.07. The molecule has 1 aromatic rings. The molecule has 4 nitrogen and oxygen atoms in total. The van der Waals surface area contributed by atoms with E-state index in [2.05, 4.69) is 10.6 Å². The van der Waals surface area contributed by atoms with Gasteiger partial charge < -0.3 is 10.6 Å². The van der Waals surface area contributed by atoms with Crippen LogP contribution in [0.3, 0.4) is 0 Å². The molecule has 2 amide bonds. The van der Waals surface area contributed by atoms with Crippen molar-refractivity contribution in [2.75, 3.05) is 10.6 Å². The molecule has 4 heteroatoms. The summed E-state index contributed by atoms with van der Waals surface area (Å²) in [5, 5.41) is 5.46. The third kappa shape index (κ3) is 1.70. The van der Waals surface area contributed by atoms with Crippen LogP contribution >= 0.6 is 0 Å². The molecule has 0 radical (unpaired) electrons. The van der Waals surface area contributed by atoms with Crippen LogP contribution in [0.4, 0.5) is 11.4 Å². The summed E-state index contributed by atoms with van der Waals surface area (Å²) in [5.74, 6) is -1.07. The van der Waals surface area contributed by atoms with E-state index in [1.165, 1.54) is 0 Å². The Morgan fingerprint density at radius 1 is 1.07 bits per heavy atom. The smallest absolute Gasteiger partial charge is 0.237 e. The second-order valence-corrected chi connectivity index (χ2v) is 3.48. The molecule has 2 N–H and O–H groups in total. The van der Waals surface area contributed by atoms with Crippen molar-refractivity contribution in [2.45, 2.75) is 13.3 Å². The first-order valence-corrected chi connectivity index (χ1v) is 4.93. The van der Waals surface area contributed by atoms with Crippen LogP contribution in [0.25, 0.3) is 0 Å². The molecule has 0 atom stereocenters. The normalized spacial score (nSPS) is 16.3. The van der Waals surface area contributed by atoms with Gasteiger partial charge in [-0.15, -0.1) is 0 Å². The lowest BCUT2D eigenvalue weighted by Crippen LogP contribution is -2.30. The molecule has 0 spiro atoms. The predicted octanol–water partition coefficient (Wildman–Crippen LogP) is 1.60. The predicted molar refractivity (Wildman–Crippen MR) is 57.5 cm³/mol. The Bertz CT molecular complexity index is 378. The first kappa shape index (κ1) is 9.71. The number of benzene rings is 1. The fraction of sp³-hybridized carbons (Fsp3) is 0.273. The molecule has 15 heavy (non-hydrogen) atoms. The standard InChI is InChI=1S/C11H12N2O2/c1-2-7-10(14)12-8-5-3-4-6-9(8)13-11(7)15/h3-7H,2H2,1H3,(H,12,14)(H,13,15). The van der Waals surface area contributed by atoms with E-state index in [0.717, 1.165) is 0 Å². The molecular weight excluding hydrogens is 192 g/mol. The monoisotopic (exact) mass is 204 g/mol. The molecule has 1 aliphatic rings. The van der Waals surface area contributed by atoms with Gasteiger partial charge in [0, 0.05) is 0 Å². The third-order valence-corrected chi connectivity index (χ3v) is 2.48. The van der Waals surface area contributed by atoms with E-state index in [1.807, 2.05) is 19.1 Å². The van der Waals surface area contributed by atoms with Crippen LogP contribution in [0, 0.1) is 5.92 Å². The maximum absolute atomic E-state index is 11.6. The topological polar surface area (TPSA) is 58.2 Å². The number of para-hydroxylation sites is 2. The van der Waals surface area contributed by atoms with E-state index in [4.69, 9.17) is 0 Å². The summed E-state index contributed by atoms with van der Waals surface area (Å²) in [6.45, 7) is 1.82. The molecule has 0 bridgehead atoms. The minimum Gasteiger partial charge on any atom is -0.324 e. The molecule has 0 aromatic heterocycles. The minimum absolute atomic E-state index is 0.236. The maximum Gasteiger partial charge on any atom is 0.237 e. The fourth-order valence-corrected chi connectivity index (χ4v) is 1.63. The number of hydrogen-bond donors (Lipinski definition) is 2. The third-order valence-electron chi connectivity index (χ3n) is 2.48. The zero-order valence-electron chi connectivity index (χ0n) is 8.41. The molecule has 78 valence electrons. The Hall–Kier alpha value is -1.84. The van der Waals surface area contributed by atoms with Crippen LogP contribution < -0.4 is 10.6 Å². The number of anilines is 2. The number of hydrogen-bond acceptors (Lipinski definition) is 2. The van der Waals surface area contributed by atoms with E-state index in [1.54, 1.807) is 12.1 Å². The molecule has 0 aliphatic carbocycles. The largest absolute Gasteiger partial charge is 0.324 e. The Morgan fingerprint density at radius 2 is 1.53 bits per heavy atom. The van der Waals surface area contributed by atoms with E-state index >= 15 is 0 Å². The minimum atomic E-state index is -0.600. The van der Waals surface area contributed by atoms with Crippen LogP contribution in [0.2, 0.25) is 0 Å². The number of fused-ring (bicyclic) bond motifs is 1. The van der Waals surface area contributed by atoms with E-state index in [9.17, 15) is 9.59 Å². The maximum atomic E-state index is 11.6. The Morgan fingerprint density at radius 3 is 1.93 bits per heavy atom. The molecule has 0 saturated heterocycles. The van der Waals surface area contributed by atoms with E-state index in [0.29, 0.717) is 17.8 Å². The number of nitrogens with one attached hydrogen (secondary N) is 2. The summed E-state index contributed by atoms with van der Waals surface area (Å²) in [5.41, 5.74) is 1.32. The lowest BCUT2D eigenvalue weighted by molar-refractivity contribution is -0.129. The second-order valence-electron chi connectivity index (χ2n) is 3.48. The molecule has 2 rings (SSSR count). The summed E-state index contributed by atoms with van der Waals surface area (Å²) in [6.07, 6.45) is 0.506. The number of carbonyl (C=O) groups is 2. The summed E-state index contributed by atoms with van der Waals surface area (Å²) < 4.78 is 0. The Kier molecular flexibility index (Phi) is 2.41. The molecule has 0 unspecified atom stereocenters. The van der Waals surface area contributed by atoms with Gasteiger partial charge in [-0.05, 0) is 18.6 Å². The number of carbonyl (C=O) groups excluding carboxylic acids is 2. The highest BCUT2D eigenvalue weighted by Gasteiger charge is 2.28. The van der Waals surface area contributed by atoms with E-state index in [-0.39, 0.29) is 11.8 Å². The van der Waals surface area contributed by atoms with Gasteiger partial charge >= 0.3 is 0 Å². The van der Waals surface area contributed by atoms with Crippen molar-refractivity contribution in [3.8, 4) is 0 Å². The molecule has 1 aliphatic heterocycles.